The lowest BCUT2D eigenvalue weighted by Gasteiger charge is -2.30. The van der Waals surface area contributed by atoms with E-state index in [2.05, 4.69) is 5.32 Å². The summed E-state index contributed by atoms with van der Waals surface area (Å²) in [6.45, 7) is 7.08. The van der Waals surface area contributed by atoms with Gasteiger partial charge in [0.25, 0.3) is 0 Å². The molecule has 0 saturated carbocycles. The van der Waals surface area contributed by atoms with Gasteiger partial charge in [-0.15, -0.1) is 0 Å². The zero-order valence-electron chi connectivity index (χ0n) is 23.7. The second-order valence-corrected chi connectivity index (χ2v) is 11.7. The number of ether oxygens (including phenoxy) is 2. The second kappa shape index (κ2) is 13.0. The van der Waals surface area contributed by atoms with Gasteiger partial charge in [0.2, 0.25) is 17.7 Å². The number of rotatable bonds is 13. The Morgan fingerprint density at radius 3 is 2.50 bits per heavy atom. The van der Waals surface area contributed by atoms with E-state index in [4.69, 9.17) is 9.47 Å². The number of nitrogens with one attached hydrogen (secondary N) is 1. The number of likely N-dealkylation sites (tertiary alicyclic amines) is 1. The number of carbonyl (C=O) groups excluding carboxylic acids is 5. The predicted octanol–water partition coefficient (Wildman–Crippen LogP) is 1.54. The number of morpholine rings is 1. The number of ketones is 2. The molecular weight excluding hydrogens is 514 g/mol. The van der Waals surface area contributed by atoms with E-state index in [1.54, 1.807) is 11.8 Å². The molecule has 10 heteroatoms. The van der Waals surface area contributed by atoms with E-state index < -0.39 is 23.6 Å². The zero-order chi connectivity index (χ0) is 28.9. The van der Waals surface area contributed by atoms with Gasteiger partial charge >= 0.3 is 0 Å². The molecule has 1 N–H and O–H groups in total. The van der Waals surface area contributed by atoms with Gasteiger partial charge in [0, 0.05) is 25.4 Å². The number of nitrogens with zero attached hydrogens (tertiary/aromatic N) is 2. The van der Waals surface area contributed by atoms with Crippen molar-refractivity contribution in [1.82, 2.24) is 15.1 Å². The minimum absolute atomic E-state index is 0.0441. The van der Waals surface area contributed by atoms with E-state index >= 15 is 0 Å². The molecule has 4 atom stereocenters. The van der Waals surface area contributed by atoms with Crippen LogP contribution in [0.5, 0.6) is 0 Å². The topological polar surface area (TPSA) is 126 Å². The largest absolute Gasteiger partial charge is 0.370 e. The Morgan fingerprint density at radius 1 is 1.12 bits per heavy atom. The second-order valence-electron chi connectivity index (χ2n) is 11.7. The molecule has 3 aliphatic rings. The standard InChI is InChI=1S/C30H41N3O7/c1-20(2)14-23(28(37)30(3)19-40-30)31-29(38)22(15-21-8-5-4-6-9-21)16-25(34)24-10-7-11-33(24)26(35)17-32-12-13-39-18-27(32)36/h4-6,8-9,20,22-24H,7,10-19H2,1-3H3,(H,31,38)/t22-,23+,24+,30-/m1/s1. The van der Waals surface area contributed by atoms with E-state index in [-0.39, 0.29) is 54.8 Å². The lowest BCUT2D eigenvalue weighted by Crippen LogP contribution is -2.51. The first kappa shape index (κ1) is 29.9. The van der Waals surface area contributed by atoms with Crippen LogP contribution in [0.3, 0.4) is 0 Å². The average molecular weight is 556 g/mol. The molecule has 10 nitrogen and oxygen atoms in total. The van der Waals surface area contributed by atoms with Crippen molar-refractivity contribution in [3.63, 3.8) is 0 Å². The molecule has 0 aromatic heterocycles. The molecule has 1 aromatic carbocycles. The highest BCUT2D eigenvalue weighted by atomic mass is 16.6. The molecule has 3 amide bonds. The van der Waals surface area contributed by atoms with E-state index in [1.165, 1.54) is 4.90 Å². The molecule has 40 heavy (non-hydrogen) atoms. The third-order valence-corrected chi connectivity index (χ3v) is 7.94. The molecule has 0 bridgehead atoms. The number of epoxide rings is 1. The van der Waals surface area contributed by atoms with Crippen LogP contribution in [-0.2, 0) is 39.9 Å². The van der Waals surface area contributed by atoms with Gasteiger partial charge in [-0.2, -0.15) is 0 Å². The lowest BCUT2D eigenvalue weighted by molar-refractivity contribution is -0.149. The minimum atomic E-state index is -0.871. The molecular formula is C30H41N3O7. The van der Waals surface area contributed by atoms with Crippen molar-refractivity contribution in [3.05, 3.63) is 35.9 Å². The summed E-state index contributed by atoms with van der Waals surface area (Å²) in [5.41, 5.74) is 0.0364. The fraction of sp³-hybridized carbons (Fsp3) is 0.633. The van der Waals surface area contributed by atoms with Gasteiger partial charge in [0.1, 0.15) is 12.2 Å². The molecule has 4 rings (SSSR count). The number of hydrogen-bond donors (Lipinski definition) is 1. The Bertz CT molecular complexity index is 1100. The summed E-state index contributed by atoms with van der Waals surface area (Å²) in [7, 11) is 0. The van der Waals surface area contributed by atoms with Crippen LogP contribution in [-0.4, -0.2) is 96.2 Å². The van der Waals surface area contributed by atoms with Crippen LogP contribution in [0.25, 0.3) is 0 Å². The smallest absolute Gasteiger partial charge is 0.249 e. The summed E-state index contributed by atoms with van der Waals surface area (Å²) in [6.07, 6.45) is 1.95. The lowest BCUT2D eigenvalue weighted by atomic mass is 9.89. The number of carbonyl (C=O) groups is 5. The Kier molecular flexibility index (Phi) is 9.73. The van der Waals surface area contributed by atoms with Crippen molar-refractivity contribution in [2.24, 2.45) is 11.8 Å². The van der Waals surface area contributed by atoms with Gasteiger partial charge in [-0.05, 0) is 44.1 Å². The third kappa shape index (κ3) is 7.54. The molecule has 218 valence electrons. The highest BCUT2D eigenvalue weighted by Gasteiger charge is 2.50. The quantitative estimate of drug-likeness (QED) is 0.366. The van der Waals surface area contributed by atoms with Gasteiger partial charge in [-0.1, -0.05) is 44.2 Å². The molecule has 3 aliphatic heterocycles. The average Bonchev–Trinajstić information content (AvgIpc) is 3.47. The Balaban J connectivity index is 1.46. The van der Waals surface area contributed by atoms with Crippen molar-refractivity contribution < 1.29 is 33.4 Å². The van der Waals surface area contributed by atoms with Crippen molar-refractivity contribution in [2.75, 3.05) is 39.5 Å². The summed E-state index contributed by atoms with van der Waals surface area (Å²) in [4.78, 5) is 68.7. The molecule has 3 heterocycles. The maximum atomic E-state index is 13.7. The fourth-order valence-corrected chi connectivity index (χ4v) is 5.52. The number of hydrogen-bond acceptors (Lipinski definition) is 7. The highest BCUT2D eigenvalue weighted by Crippen LogP contribution is 2.30. The minimum Gasteiger partial charge on any atom is -0.370 e. The molecule has 0 radical (unpaired) electrons. The number of amides is 3. The van der Waals surface area contributed by atoms with E-state index in [0.717, 1.165) is 5.56 Å². The van der Waals surface area contributed by atoms with Gasteiger partial charge in [-0.3, -0.25) is 24.0 Å². The van der Waals surface area contributed by atoms with Crippen LogP contribution in [0.2, 0.25) is 0 Å². The van der Waals surface area contributed by atoms with E-state index in [1.807, 2.05) is 44.2 Å². The molecule has 0 unspecified atom stereocenters. The molecule has 0 aliphatic carbocycles. The van der Waals surface area contributed by atoms with E-state index in [9.17, 15) is 24.0 Å². The predicted molar refractivity (Wildman–Crippen MR) is 146 cm³/mol. The summed E-state index contributed by atoms with van der Waals surface area (Å²) < 4.78 is 10.5. The van der Waals surface area contributed by atoms with Gasteiger partial charge in [-0.25, -0.2) is 0 Å². The Morgan fingerprint density at radius 2 is 1.85 bits per heavy atom. The van der Waals surface area contributed by atoms with Crippen LogP contribution < -0.4 is 5.32 Å². The Hall–Kier alpha value is -3.11. The molecule has 3 fully saturated rings. The van der Waals surface area contributed by atoms with Crippen LogP contribution in [0.4, 0.5) is 0 Å². The first-order valence-corrected chi connectivity index (χ1v) is 14.3. The van der Waals surface area contributed by atoms with Crippen molar-refractivity contribution in [2.45, 2.75) is 70.6 Å². The van der Waals surface area contributed by atoms with Crippen molar-refractivity contribution >= 4 is 29.3 Å². The summed E-state index contributed by atoms with van der Waals surface area (Å²) in [5, 5.41) is 2.95. The maximum absolute atomic E-state index is 13.7. The highest BCUT2D eigenvalue weighted by molar-refractivity contribution is 5.98. The van der Waals surface area contributed by atoms with Gasteiger partial charge in [0.15, 0.2) is 11.6 Å². The first-order valence-electron chi connectivity index (χ1n) is 14.3. The Labute approximate surface area is 235 Å². The molecule has 0 spiro atoms. The first-order chi connectivity index (χ1) is 19.1. The summed E-state index contributed by atoms with van der Waals surface area (Å²) in [5.74, 6) is -1.72. The monoisotopic (exact) mass is 555 g/mol. The SMILES string of the molecule is CC(C)C[C@H](NC(=O)[C@@H](CC(=O)[C@@H]1CCCN1C(=O)CN1CCOCC1=O)Cc1ccccc1)C(=O)[C@@]1(C)CO1. The third-order valence-electron chi connectivity index (χ3n) is 7.94. The zero-order valence-corrected chi connectivity index (χ0v) is 23.7. The van der Waals surface area contributed by atoms with E-state index in [0.29, 0.717) is 52.0 Å². The summed E-state index contributed by atoms with van der Waals surface area (Å²) >= 11 is 0. The van der Waals surface area contributed by atoms with Crippen LogP contribution >= 0.6 is 0 Å². The van der Waals surface area contributed by atoms with Crippen molar-refractivity contribution in [1.29, 1.82) is 0 Å². The summed E-state index contributed by atoms with van der Waals surface area (Å²) in [6, 6.07) is 8.13. The molecule has 3 saturated heterocycles. The molecule has 1 aromatic rings. The van der Waals surface area contributed by atoms with Crippen LogP contribution in [0, 0.1) is 11.8 Å². The fourth-order valence-electron chi connectivity index (χ4n) is 5.52. The maximum Gasteiger partial charge on any atom is 0.249 e. The van der Waals surface area contributed by atoms with Crippen LogP contribution in [0.1, 0.15) is 52.0 Å². The number of benzene rings is 1. The van der Waals surface area contributed by atoms with Crippen LogP contribution in [0.15, 0.2) is 30.3 Å². The van der Waals surface area contributed by atoms with Gasteiger partial charge < -0.3 is 24.6 Å². The van der Waals surface area contributed by atoms with Gasteiger partial charge in [0.05, 0.1) is 31.8 Å². The number of Topliss-reactive ketones (excluding diaryl/α,β-unsaturated/α-hetero) is 2. The van der Waals surface area contributed by atoms with Crippen molar-refractivity contribution in [3.8, 4) is 0 Å². The normalized spacial score (nSPS) is 24.1.